The van der Waals surface area contributed by atoms with Gasteiger partial charge in [-0.1, -0.05) is 42.7 Å². The van der Waals surface area contributed by atoms with Gasteiger partial charge in [-0.25, -0.2) is 0 Å². The summed E-state index contributed by atoms with van der Waals surface area (Å²) in [7, 11) is 0. The molecule has 3 aromatic rings. The van der Waals surface area contributed by atoms with Crippen molar-refractivity contribution < 1.29 is 18.4 Å². The Labute approximate surface area is 182 Å². The smallest absolute Gasteiger partial charge is 0.290 e. The van der Waals surface area contributed by atoms with Gasteiger partial charge in [-0.15, -0.1) is 0 Å². The fraction of sp³-hybridized carbons (Fsp3) is 0.360. The summed E-state index contributed by atoms with van der Waals surface area (Å²) in [5, 5.41) is 3.13. The predicted octanol–water partition coefficient (Wildman–Crippen LogP) is 4.67. The Morgan fingerprint density at radius 2 is 1.84 bits per heavy atom. The molecular formula is C25H28N2O4. The molecule has 0 radical (unpaired) electrons. The maximum atomic E-state index is 13.4. The average molecular weight is 421 g/mol. The number of nitrogens with zero attached hydrogens (tertiary/aromatic N) is 1. The Balaban J connectivity index is 1.63. The Hall–Kier alpha value is -3.28. The summed E-state index contributed by atoms with van der Waals surface area (Å²) < 4.78 is 11.0. The van der Waals surface area contributed by atoms with Gasteiger partial charge in [-0.05, 0) is 56.0 Å². The van der Waals surface area contributed by atoms with Crippen LogP contribution in [-0.2, 0) is 11.2 Å². The molecule has 1 saturated carbocycles. The second-order valence-electron chi connectivity index (χ2n) is 8.12. The van der Waals surface area contributed by atoms with E-state index in [9.17, 15) is 9.59 Å². The van der Waals surface area contributed by atoms with Crippen LogP contribution in [0.1, 0.15) is 59.2 Å². The predicted molar refractivity (Wildman–Crippen MR) is 116 cm³/mol. The van der Waals surface area contributed by atoms with E-state index in [1.54, 1.807) is 29.2 Å². The highest BCUT2D eigenvalue weighted by molar-refractivity contribution is 5.95. The highest BCUT2D eigenvalue weighted by Crippen LogP contribution is 2.26. The minimum absolute atomic E-state index is 0.141. The number of amides is 2. The fourth-order valence-electron chi connectivity index (χ4n) is 4.23. The first kappa shape index (κ1) is 21.0. The molecule has 0 aliphatic heterocycles. The molecule has 0 unspecified atom stereocenters. The molecule has 1 N–H and O–H groups in total. The number of rotatable bonds is 8. The zero-order valence-electron chi connectivity index (χ0n) is 17.8. The molecule has 6 nitrogen and oxygen atoms in total. The molecule has 1 aromatic carbocycles. The van der Waals surface area contributed by atoms with Crippen LogP contribution < -0.4 is 5.32 Å². The van der Waals surface area contributed by atoms with Gasteiger partial charge in [0.1, 0.15) is 5.76 Å². The van der Waals surface area contributed by atoms with Crippen molar-refractivity contribution >= 4 is 11.8 Å². The Bertz CT molecular complexity index is 988. The molecule has 2 aromatic heterocycles. The number of nitrogens with one attached hydrogen (secondary N) is 1. The normalized spacial score (nSPS) is 15.0. The molecule has 2 amide bonds. The molecule has 1 atom stereocenters. The summed E-state index contributed by atoms with van der Waals surface area (Å²) in [6.45, 7) is 2.39. The number of furan rings is 2. The maximum Gasteiger partial charge on any atom is 0.290 e. The number of carbonyl (C=O) groups excluding carboxylic acids is 2. The average Bonchev–Trinajstić information content (AvgIpc) is 3.54. The first-order valence-electron chi connectivity index (χ1n) is 10.9. The second kappa shape index (κ2) is 9.69. The van der Waals surface area contributed by atoms with E-state index in [2.05, 4.69) is 11.4 Å². The van der Waals surface area contributed by atoms with E-state index >= 15 is 0 Å². The van der Waals surface area contributed by atoms with Gasteiger partial charge in [0.05, 0.1) is 12.5 Å². The number of benzene rings is 1. The van der Waals surface area contributed by atoms with E-state index in [1.807, 2.05) is 25.1 Å². The second-order valence-corrected chi connectivity index (χ2v) is 8.12. The lowest BCUT2D eigenvalue weighted by Crippen LogP contribution is -2.46. The molecule has 162 valence electrons. The molecule has 1 fully saturated rings. The van der Waals surface area contributed by atoms with Gasteiger partial charge in [0, 0.05) is 12.6 Å². The summed E-state index contributed by atoms with van der Waals surface area (Å²) in [5.41, 5.74) is 2.26. The number of hydrogen-bond acceptors (Lipinski definition) is 4. The molecule has 4 rings (SSSR count). The van der Waals surface area contributed by atoms with Crippen LogP contribution in [0.2, 0.25) is 0 Å². The number of hydrogen-bond donors (Lipinski definition) is 1. The van der Waals surface area contributed by atoms with E-state index in [0.29, 0.717) is 18.7 Å². The monoisotopic (exact) mass is 420 g/mol. The Morgan fingerprint density at radius 1 is 1.06 bits per heavy atom. The highest BCUT2D eigenvalue weighted by atomic mass is 16.3. The maximum absolute atomic E-state index is 13.4. The van der Waals surface area contributed by atoms with E-state index in [4.69, 9.17) is 8.83 Å². The lowest BCUT2D eigenvalue weighted by atomic mass is 10.1. The van der Waals surface area contributed by atoms with E-state index in [-0.39, 0.29) is 23.6 Å². The van der Waals surface area contributed by atoms with Gasteiger partial charge in [0.2, 0.25) is 0 Å². The molecule has 0 saturated heterocycles. The molecule has 1 aliphatic carbocycles. The fourth-order valence-corrected chi connectivity index (χ4v) is 4.23. The van der Waals surface area contributed by atoms with Crippen LogP contribution in [0, 0.1) is 6.92 Å². The summed E-state index contributed by atoms with van der Waals surface area (Å²) in [5.74, 6) is 0.0979. The standard InChI is InChI=1S/C25H28N2O4/c1-18-7-4-8-19(17-18)13-14-27(25(29)22-12-6-16-31-22)23(21-11-5-15-30-21)24(28)26-20-9-2-3-10-20/h4-8,11-12,15-17,20,23H,2-3,9-10,13-14H2,1H3,(H,26,28)/t23-/m1/s1. The van der Waals surface area contributed by atoms with Crippen molar-refractivity contribution in [2.24, 2.45) is 0 Å². The molecule has 0 spiro atoms. The third kappa shape index (κ3) is 5.08. The third-order valence-electron chi connectivity index (χ3n) is 5.79. The van der Waals surface area contributed by atoms with Crippen molar-refractivity contribution in [3.05, 3.63) is 83.7 Å². The van der Waals surface area contributed by atoms with Crippen molar-refractivity contribution in [3.63, 3.8) is 0 Å². The van der Waals surface area contributed by atoms with Crippen LogP contribution >= 0.6 is 0 Å². The zero-order valence-corrected chi connectivity index (χ0v) is 17.8. The van der Waals surface area contributed by atoms with Crippen molar-refractivity contribution in [1.29, 1.82) is 0 Å². The van der Waals surface area contributed by atoms with Gasteiger partial charge in [0.25, 0.3) is 11.8 Å². The topological polar surface area (TPSA) is 75.7 Å². The molecule has 2 heterocycles. The summed E-state index contributed by atoms with van der Waals surface area (Å²) in [6, 6.07) is 14.2. The minimum Gasteiger partial charge on any atom is -0.467 e. The largest absolute Gasteiger partial charge is 0.467 e. The summed E-state index contributed by atoms with van der Waals surface area (Å²) >= 11 is 0. The van der Waals surface area contributed by atoms with Crippen molar-refractivity contribution in [2.45, 2.75) is 51.1 Å². The van der Waals surface area contributed by atoms with Crippen LogP contribution in [-0.4, -0.2) is 29.3 Å². The Kier molecular flexibility index (Phi) is 6.55. The van der Waals surface area contributed by atoms with E-state index in [0.717, 1.165) is 36.8 Å². The molecular weight excluding hydrogens is 392 g/mol. The SMILES string of the molecule is Cc1cccc(CCN(C(=O)c2ccco2)[C@@H](C(=O)NC2CCCC2)c2ccco2)c1. The lowest BCUT2D eigenvalue weighted by Gasteiger charge is -2.30. The van der Waals surface area contributed by atoms with Crippen LogP contribution in [0.5, 0.6) is 0 Å². The van der Waals surface area contributed by atoms with E-state index < -0.39 is 6.04 Å². The van der Waals surface area contributed by atoms with Crippen LogP contribution in [0.3, 0.4) is 0 Å². The van der Waals surface area contributed by atoms with Crippen molar-refractivity contribution in [2.75, 3.05) is 6.54 Å². The molecule has 0 bridgehead atoms. The minimum atomic E-state index is -0.863. The molecule has 31 heavy (non-hydrogen) atoms. The first-order valence-corrected chi connectivity index (χ1v) is 10.9. The Morgan fingerprint density at radius 3 is 2.52 bits per heavy atom. The summed E-state index contributed by atoms with van der Waals surface area (Å²) in [4.78, 5) is 28.3. The number of aryl methyl sites for hydroxylation is 1. The van der Waals surface area contributed by atoms with Crippen LogP contribution in [0.15, 0.2) is 69.9 Å². The van der Waals surface area contributed by atoms with Crippen LogP contribution in [0.4, 0.5) is 0 Å². The van der Waals surface area contributed by atoms with Gasteiger partial charge in [-0.3, -0.25) is 9.59 Å². The van der Waals surface area contributed by atoms with Gasteiger partial charge in [-0.2, -0.15) is 0 Å². The van der Waals surface area contributed by atoms with Crippen molar-refractivity contribution in [3.8, 4) is 0 Å². The third-order valence-corrected chi connectivity index (χ3v) is 5.79. The van der Waals surface area contributed by atoms with Crippen molar-refractivity contribution in [1.82, 2.24) is 10.2 Å². The first-order chi connectivity index (χ1) is 15.1. The van der Waals surface area contributed by atoms with Gasteiger partial charge < -0.3 is 19.1 Å². The molecule has 1 aliphatic rings. The van der Waals surface area contributed by atoms with Gasteiger partial charge in [0.15, 0.2) is 11.8 Å². The number of carbonyl (C=O) groups is 2. The highest BCUT2D eigenvalue weighted by Gasteiger charge is 2.36. The lowest BCUT2D eigenvalue weighted by molar-refractivity contribution is -0.127. The van der Waals surface area contributed by atoms with E-state index in [1.165, 1.54) is 12.5 Å². The zero-order chi connectivity index (χ0) is 21.6. The van der Waals surface area contributed by atoms with Gasteiger partial charge >= 0.3 is 0 Å². The summed E-state index contributed by atoms with van der Waals surface area (Å²) in [6.07, 6.45) is 7.76. The molecule has 6 heteroatoms. The quantitative estimate of drug-likeness (QED) is 0.575. The van der Waals surface area contributed by atoms with Crippen LogP contribution in [0.25, 0.3) is 0 Å².